The van der Waals surface area contributed by atoms with E-state index in [9.17, 15) is 9.59 Å². The number of aromatic nitrogens is 2. The lowest BCUT2D eigenvalue weighted by Gasteiger charge is -2.19. The predicted molar refractivity (Wildman–Crippen MR) is 142 cm³/mol. The third-order valence-electron chi connectivity index (χ3n) is 6.01. The Kier molecular flexibility index (Phi) is 8.85. The molecule has 0 aliphatic carbocycles. The third kappa shape index (κ3) is 7.28. The van der Waals surface area contributed by atoms with E-state index in [1.54, 1.807) is 4.68 Å². The van der Waals surface area contributed by atoms with Crippen molar-refractivity contribution in [2.75, 3.05) is 5.32 Å². The summed E-state index contributed by atoms with van der Waals surface area (Å²) >= 11 is 0. The minimum atomic E-state index is -0.690. The van der Waals surface area contributed by atoms with Crippen LogP contribution in [0.4, 0.5) is 5.82 Å². The monoisotopic (exact) mass is 474 g/mol. The first-order valence-corrected chi connectivity index (χ1v) is 12.5. The van der Waals surface area contributed by atoms with E-state index in [1.165, 1.54) is 0 Å². The van der Waals surface area contributed by atoms with Gasteiger partial charge in [0.25, 0.3) is 0 Å². The van der Waals surface area contributed by atoms with E-state index < -0.39 is 6.04 Å². The molecule has 35 heavy (non-hydrogen) atoms. The number of aryl methyl sites for hydroxylation is 1. The van der Waals surface area contributed by atoms with Gasteiger partial charge in [0, 0.05) is 24.3 Å². The fourth-order valence-corrected chi connectivity index (χ4v) is 3.90. The molecule has 0 aliphatic rings. The molecule has 2 aromatic carbocycles. The normalized spacial score (nSPS) is 12.3. The summed E-state index contributed by atoms with van der Waals surface area (Å²) in [7, 11) is 0. The van der Waals surface area contributed by atoms with E-state index in [2.05, 4.69) is 38.3 Å². The second-order valence-corrected chi connectivity index (χ2v) is 10.1. The number of amides is 2. The van der Waals surface area contributed by atoms with Gasteiger partial charge >= 0.3 is 0 Å². The molecule has 2 amide bonds. The quantitative estimate of drug-likeness (QED) is 0.369. The fourth-order valence-electron chi connectivity index (χ4n) is 3.90. The molecule has 0 aliphatic heterocycles. The summed E-state index contributed by atoms with van der Waals surface area (Å²) < 4.78 is 1.79. The molecule has 1 atom stereocenters. The molecule has 1 heterocycles. The van der Waals surface area contributed by atoms with Gasteiger partial charge in [-0.2, -0.15) is 5.10 Å². The number of hydrogen-bond donors (Lipinski definition) is 2. The minimum Gasteiger partial charge on any atom is -0.344 e. The Morgan fingerprint density at radius 2 is 1.69 bits per heavy atom. The molecule has 6 nitrogen and oxygen atoms in total. The number of carbonyl (C=O) groups is 2. The Labute approximate surface area is 209 Å². The Morgan fingerprint density at radius 1 is 1.00 bits per heavy atom. The van der Waals surface area contributed by atoms with Crippen molar-refractivity contribution in [3.8, 4) is 5.69 Å². The van der Waals surface area contributed by atoms with Gasteiger partial charge in [0.15, 0.2) is 0 Å². The Bertz CT molecular complexity index is 1130. The molecular weight excluding hydrogens is 436 g/mol. The highest BCUT2D eigenvalue weighted by atomic mass is 16.2. The summed E-state index contributed by atoms with van der Waals surface area (Å²) in [4.78, 5) is 26.2. The van der Waals surface area contributed by atoms with Crippen molar-refractivity contribution in [3.63, 3.8) is 0 Å². The van der Waals surface area contributed by atoms with Gasteiger partial charge in [-0.3, -0.25) is 9.59 Å². The van der Waals surface area contributed by atoms with Crippen molar-refractivity contribution in [1.29, 1.82) is 0 Å². The maximum absolute atomic E-state index is 13.5. The van der Waals surface area contributed by atoms with Gasteiger partial charge in [0.2, 0.25) is 11.8 Å². The summed E-state index contributed by atoms with van der Waals surface area (Å²) in [6, 6.07) is 18.9. The van der Waals surface area contributed by atoms with Gasteiger partial charge in [-0.05, 0) is 30.5 Å². The molecule has 186 valence electrons. The van der Waals surface area contributed by atoms with Crippen LogP contribution in [0.25, 0.3) is 5.69 Å². The van der Waals surface area contributed by atoms with Gasteiger partial charge in [-0.15, -0.1) is 0 Å². The van der Waals surface area contributed by atoms with Crippen LogP contribution in [-0.2, 0) is 21.4 Å². The second-order valence-electron chi connectivity index (χ2n) is 10.1. The highest BCUT2D eigenvalue weighted by molar-refractivity contribution is 5.97. The van der Waals surface area contributed by atoms with Crippen molar-refractivity contribution in [2.45, 2.75) is 78.2 Å². The lowest BCUT2D eigenvalue weighted by Crippen LogP contribution is -2.45. The van der Waals surface area contributed by atoms with E-state index in [4.69, 9.17) is 5.10 Å². The van der Waals surface area contributed by atoms with Crippen LogP contribution >= 0.6 is 0 Å². The van der Waals surface area contributed by atoms with E-state index in [-0.39, 0.29) is 17.2 Å². The molecule has 1 aromatic heterocycles. The van der Waals surface area contributed by atoms with Gasteiger partial charge in [-0.25, -0.2) is 4.68 Å². The second kappa shape index (κ2) is 11.8. The van der Waals surface area contributed by atoms with Crippen molar-refractivity contribution in [3.05, 3.63) is 77.5 Å². The Morgan fingerprint density at radius 3 is 2.34 bits per heavy atom. The lowest BCUT2D eigenvalue weighted by molar-refractivity contribution is -0.126. The van der Waals surface area contributed by atoms with Crippen LogP contribution in [0, 0.1) is 6.92 Å². The van der Waals surface area contributed by atoms with Crippen LogP contribution in [0.15, 0.2) is 60.7 Å². The van der Waals surface area contributed by atoms with E-state index in [1.807, 2.05) is 67.6 Å². The molecule has 0 bridgehead atoms. The topological polar surface area (TPSA) is 76.0 Å². The molecule has 0 saturated heterocycles. The first-order chi connectivity index (χ1) is 16.7. The molecule has 3 aromatic rings. The largest absolute Gasteiger partial charge is 0.344 e. The lowest BCUT2D eigenvalue weighted by atomic mass is 9.92. The Hall–Kier alpha value is -3.41. The van der Waals surface area contributed by atoms with E-state index in [0.717, 1.165) is 41.8 Å². The van der Waals surface area contributed by atoms with Gasteiger partial charge in [0.05, 0.1) is 11.4 Å². The molecule has 2 N–H and O–H groups in total. The van der Waals surface area contributed by atoms with Crippen LogP contribution in [0.3, 0.4) is 0 Å². The molecular formula is C29H38N4O2. The summed E-state index contributed by atoms with van der Waals surface area (Å²) in [5.74, 6) is 0.234. The van der Waals surface area contributed by atoms with Crippen molar-refractivity contribution >= 4 is 17.6 Å². The number of hydrogen-bond acceptors (Lipinski definition) is 3. The molecule has 3 rings (SSSR count). The number of carbonyl (C=O) groups excluding carboxylic acids is 2. The number of para-hydroxylation sites is 1. The zero-order valence-electron chi connectivity index (χ0n) is 21.6. The third-order valence-corrected chi connectivity index (χ3v) is 6.01. The first-order valence-electron chi connectivity index (χ1n) is 12.5. The highest BCUT2D eigenvalue weighted by Crippen LogP contribution is 2.27. The number of benzene rings is 2. The molecule has 0 spiro atoms. The molecule has 0 fully saturated rings. The summed E-state index contributed by atoms with van der Waals surface area (Å²) in [5, 5.41) is 10.9. The average Bonchev–Trinajstić information content (AvgIpc) is 3.24. The smallest absolute Gasteiger partial charge is 0.248 e. The average molecular weight is 475 g/mol. The maximum Gasteiger partial charge on any atom is 0.248 e. The van der Waals surface area contributed by atoms with Gasteiger partial charge in [-0.1, -0.05) is 89.1 Å². The number of anilines is 1. The van der Waals surface area contributed by atoms with Crippen LogP contribution in [0.1, 0.15) is 70.2 Å². The van der Waals surface area contributed by atoms with Crippen LogP contribution in [0.2, 0.25) is 0 Å². The van der Waals surface area contributed by atoms with Crippen molar-refractivity contribution < 1.29 is 9.59 Å². The SMILES string of the molecule is CCCCCC(=O)NC(Cc1ccccc1)C(=O)Nc1cc(C(C)(C)C)nn1-c1ccccc1C. The van der Waals surface area contributed by atoms with E-state index in [0.29, 0.717) is 18.7 Å². The van der Waals surface area contributed by atoms with Crippen molar-refractivity contribution in [1.82, 2.24) is 15.1 Å². The fraction of sp³-hybridized carbons (Fsp3) is 0.414. The number of unbranched alkanes of at least 4 members (excludes halogenated alkanes) is 2. The number of nitrogens with one attached hydrogen (secondary N) is 2. The maximum atomic E-state index is 13.5. The molecule has 6 heteroatoms. The molecule has 1 unspecified atom stereocenters. The predicted octanol–water partition coefficient (Wildman–Crippen LogP) is 5.72. The summed E-state index contributed by atoms with van der Waals surface area (Å²) in [6.45, 7) is 10.4. The first kappa shape index (κ1) is 26.2. The zero-order chi connectivity index (χ0) is 25.4. The molecule has 0 radical (unpaired) electrons. The summed E-state index contributed by atoms with van der Waals surface area (Å²) in [5.41, 5.74) is 3.63. The van der Waals surface area contributed by atoms with E-state index >= 15 is 0 Å². The Balaban J connectivity index is 1.89. The van der Waals surface area contributed by atoms with Crippen LogP contribution in [-0.4, -0.2) is 27.6 Å². The highest BCUT2D eigenvalue weighted by Gasteiger charge is 2.26. The number of rotatable bonds is 10. The minimum absolute atomic E-state index is 0.0997. The van der Waals surface area contributed by atoms with Gasteiger partial charge < -0.3 is 10.6 Å². The van der Waals surface area contributed by atoms with Crippen molar-refractivity contribution in [2.24, 2.45) is 0 Å². The number of nitrogens with zero attached hydrogens (tertiary/aromatic N) is 2. The standard InChI is InChI=1S/C29H38N4O2/c1-6-7-9-18-27(34)30-23(19-22-15-10-8-11-16-22)28(35)31-26-20-25(29(3,4)5)32-33(26)24-17-13-12-14-21(24)2/h8,10-17,20,23H,6-7,9,18-19H2,1-5H3,(H,30,34)(H,31,35). The zero-order valence-corrected chi connectivity index (χ0v) is 21.6. The molecule has 0 saturated carbocycles. The van der Waals surface area contributed by atoms with Crippen LogP contribution in [0.5, 0.6) is 0 Å². The van der Waals surface area contributed by atoms with Gasteiger partial charge in [0.1, 0.15) is 11.9 Å². The summed E-state index contributed by atoms with van der Waals surface area (Å²) in [6.07, 6.45) is 3.68. The van der Waals surface area contributed by atoms with Crippen LogP contribution < -0.4 is 10.6 Å².